The van der Waals surface area contributed by atoms with Gasteiger partial charge in [-0.25, -0.2) is 0 Å². The molecule has 0 bridgehead atoms. The summed E-state index contributed by atoms with van der Waals surface area (Å²) in [6.45, 7) is 0.789. The van der Waals surface area contributed by atoms with Gasteiger partial charge in [-0.2, -0.15) is 26.3 Å². The summed E-state index contributed by atoms with van der Waals surface area (Å²) in [5.74, 6) is -6.86. The van der Waals surface area contributed by atoms with E-state index >= 15 is 0 Å². The van der Waals surface area contributed by atoms with Crippen molar-refractivity contribution in [3.63, 3.8) is 0 Å². The predicted molar refractivity (Wildman–Crippen MR) is 89.7 cm³/mol. The summed E-state index contributed by atoms with van der Waals surface area (Å²) in [7, 11) is 1.27. The first-order valence-corrected chi connectivity index (χ1v) is 8.94. The van der Waals surface area contributed by atoms with Gasteiger partial charge in [-0.1, -0.05) is 0 Å². The van der Waals surface area contributed by atoms with E-state index in [1.807, 2.05) is 0 Å². The largest absolute Gasteiger partial charge is 0.542 e. The van der Waals surface area contributed by atoms with Crippen molar-refractivity contribution in [1.82, 2.24) is 5.32 Å². The average Bonchev–Trinajstić information content (AvgIpc) is 2.69. The van der Waals surface area contributed by atoms with Crippen LogP contribution in [0, 0.1) is 0 Å². The van der Waals surface area contributed by atoms with Crippen LogP contribution in [0.3, 0.4) is 0 Å². The summed E-state index contributed by atoms with van der Waals surface area (Å²) in [6, 6.07) is -0.347. The number of alkyl halides is 6. The third kappa shape index (κ3) is 23.5. The lowest BCUT2D eigenvalue weighted by Gasteiger charge is -2.08. The van der Waals surface area contributed by atoms with E-state index in [1.165, 1.54) is 7.11 Å². The Hall–Kier alpha value is -2.95. The molecule has 11 nitrogen and oxygen atoms in total. The second-order valence-corrected chi connectivity index (χ2v) is 5.95. The number of amides is 1. The molecule has 0 heterocycles. The molecule has 0 saturated heterocycles. The average molecular weight is 501 g/mol. The van der Waals surface area contributed by atoms with E-state index in [4.69, 9.17) is 19.8 Å². The monoisotopic (exact) mass is 501 g/mol. The smallest absolute Gasteiger partial charge is 0.430 e. The number of aliphatic carboxylic acids is 2. The molecule has 0 saturated carbocycles. The number of esters is 1. The van der Waals surface area contributed by atoms with Gasteiger partial charge in [0.2, 0.25) is 0 Å². The number of carbonyl (C=O) groups is 5. The van der Waals surface area contributed by atoms with E-state index < -0.39 is 30.3 Å². The molecule has 0 spiro atoms. The van der Waals surface area contributed by atoms with E-state index in [-0.39, 0.29) is 37.1 Å². The molecule has 0 aliphatic rings. The number of nitrogens with one attached hydrogen (secondary N) is 1. The van der Waals surface area contributed by atoms with Gasteiger partial charge in [0.15, 0.2) is 11.8 Å². The highest BCUT2D eigenvalue weighted by Crippen LogP contribution is 2.12. The highest BCUT2D eigenvalue weighted by Gasteiger charge is 2.29. The van der Waals surface area contributed by atoms with Gasteiger partial charge in [-0.3, -0.25) is 14.4 Å². The first-order valence-electron chi connectivity index (χ1n) is 8.94. The van der Waals surface area contributed by atoms with Gasteiger partial charge in [0, 0.05) is 12.8 Å². The normalized spacial score (nSPS) is 11.5. The van der Waals surface area contributed by atoms with Crippen molar-refractivity contribution >= 4 is 29.6 Å². The van der Waals surface area contributed by atoms with Gasteiger partial charge < -0.3 is 41.3 Å². The molecule has 0 aromatic rings. The van der Waals surface area contributed by atoms with E-state index in [0.29, 0.717) is 6.42 Å². The van der Waals surface area contributed by atoms with Crippen LogP contribution in [0.1, 0.15) is 32.1 Å². The summed E-state index contributed by atoms with van der Waals surface area (Å²) in [5.41, 5.74) is 7.48. The van der Waals surface area contributed by atoms with E-state index in [0.717, 1.165) is 19.4 Å². The van der Waals surface area contributed by atoms with Gasteiger partial charge in [-0.15, -0.1) is 0 Å². The Morgan fingerprint density at radius 1 is 0.909 bits per heavy atom. The number of hydrogen-bond donors (Lipinski definition) is 3. The van der Waals surface area contributed by atoms with E-state index in [2.05, 4.69) is 21.5 Å². The Morgan fingerprint density at radius 2 is 1.33 bits per heavy atom. The van der Waals surface area contributed by atoms with Crippen LogP contribution in [0.2, 0.25) is 0 Å². The number of hydrogen-bond acceptors (Lipinski definition) is 8. The number of carboxylic acid groups (broad SMARTS) is 2. The molecule has 194 valence electrons. The van der Waals surface area contributed by atoms with Crippen LogP contribution in [0.15, 0.2) is 0 Å². The number of carbonyl (C=O) groups excluding carboxylic acids is 5. The maximum Gasteiger partial charge on any atom is 0.430 e. The molecular formula is C16H25F6N3O8. The topological polar surface area (TPSA) is 208 Å². The lowest BCUT2D eigenvalue weighted by atomic mass is 10.1. The number of carboxylic acids is 2. The molecule has 33 heavy (non-hydrogen) atoms. The van der Waals surface area contributed by atoms with Gasteiger partial charge in [0.1, 0.15) is 11.9 Å². The molecule has 1 amide bonds. The van der Waals surface area contributed by atoms with Crippen molar-refractivity contribution in [3.8, 4) is 0 Å². The zero-order valence-corrected chi connectivity index (χ0v) is 17.5. The van der Waals surface area contributed by atoms with Crippen molar-refractivity contribution in [3.05, 3.63) is 0 Å². The summed E-state index contributed by atoms with van der Waals surface area (Å²) < 4.78 is 67.5. The standard InChI is InChI=1S/C12H23N3O4.2C2HF3O2/c1-19-11(17)6-5-9(16)8-15-12(18)10(14)4-2-3-7-13;2*3-2(4,5)1(6)7/h10H,2-8,13-14H2,1H3,(H,15,18);2*(H,6,7)/t10-;;/m0../s1. The third-order valence-electron chi connectivity index (χ3n) is 3.18. The fourth-order valence-corrected chi connectivity index (χ4v) is 1.46. The van der Waals surface area contributed by atoms with Crippen LogP contribution in [-0.2, 0) is 28.7 Å². The Labute approximate surface area is 183 Å². The van der Waals surface area contributed by atoms with Gasteiger partial charge >= 0.3 is 18.3 Å². The molecule has 0 unspecified atom stereocenters. The van der Waals surface area contributed by atoms with Crippen molar-refractivity contribution in [1.29, 1.82) is 0 Å². The molecule has 0 aromatic heterocycles. The Balaban J connectivity index is -0.000000524. The molecule has 17 heteroatoms. The molecular weight excluding hydrogens is 476 g/mol. The van der Waals surface area contributed by atoms with Gasteiger partial charge in [-0.05, 0) is 12.8 Å². The maximum atomic E-state index is 11.6. The summed E-state index contributed by atoms with van der Waals surface area (Å²) >= 11 is 0. The van der Waals surface area contributed by atoms with Crippen LogP contribution in [0.5, 0.6) is 0 Å². The fourth-order valence-electron chi connectivity index (χ4n) is 1.46. The first kappa shape index (κ1) is 34.7. The summed E-state index contributed by atoms with van der Waals surface area (Å²) in [6.07, 6.45) is -7.70. The van der Waals surface area contributed by atoms with Crippen LogP contribution >= 0.6 is 0 Å². The minimum Gasteiger partial charge on any atom is -0.542 e. The Kier molecular flexibility index (Phi) is 18.5. The number of Topliss-reactive ketones (excluding diaryl/α,β-unsaturated/α-hetero) is 1. The van der Waals surface area contributed by atoms with Crippen LogP contribution in [0.25, 0.3) is 0 Å². The van der Waals surface area contributed by atoms with Crippen LogP contribution in [-0.4, -0.2) is 68.2 Å². The van der Waals surface area contributed by atoms with Gasteiger partial charge in [0.05, 0.1) is 26.6 Å². The number of unbranched alkanes of at least 4 members (excludes halogenated alkanes) is 1. The fraction of sp³-hybridized carbons (Fsp3) is 0.688. The molecule has 0 rings (SSSR count). The lowest BCUT2D eigenvalue weighted by Crippen LogP contribution is -2.67. The van der Waals surface area contributed by atoms with Gasteiger partial charge in [0.25, 0.3) is 5.91 Å². The third-order valence-corrected chi connectivity index (χ3v) is 3.18. The molecule has 0 aliphatic heterocycles. The minimum atomic E-state index is -5.19. The van der Waals surface area contributed by atoms with Crippen molar-refractivity contribution in [2.24, 2.45) is 0 Å². The molecule has 0 aliphatic carbocycles. The van der Waals surface area contributed by atoms with Crippen molar-refractivity contribution < 1.29 is 76.7 Å². The number of methoxy groups -OCH3 is 1. The number of ether oxygens (including phenoxy) is 1. The number of ketones is 1. The van der Waals surface area contributed by atoms with Crippen molar-refractivity contribution in [2.75, 3.05) is 20.2 Å². The minimum absolute atomic E-state index is 0.0442. The predicted octanol–water partition coefficient (Wildman–Crippen LogP) is -3.76. The first-order chi connectivity index (χ1) is 14.9. The summed E-state index contributed by atoms with van der Waals surface area (Å²) in [4.78, 5) is 51.4. The lowest BCUT2D eigenvalue weighted by molar-refractivity contribution is -0.406. The van der Waals surface area contributed by atoms with E-state index in [9.17, 15) is 40.7 Å². The zero-order chi connectivity index (χ0) is 26.8. The highest BCUT2D eigenvalue weighted by molar-refractivity contribution is 5.89. The second kappa shape index (κ2) is 17.6. The molecule has 0 fully saturated rings. The Bertz CT molecular complexity index is 617. The van der Waals surface area contributed by atoms with Crippen molar-refractivity contribution in [2.45, 2.75) is 50.5 Å². The molecule has 1 atom stereocenters. The zero-order valence-electron chi connectivity index (χ0n) is 17.5. The maximum absolute atomic E-state index is 11.6. The second-order valence-electron chi connectivity index (χ2n) is 5.95. The number of halogens is 6. The molecule has 0 aromatic carbocycles. The van der Waals surface area contributed by atoms with E-state index in [1.54, 1.807) is 0 Å². The molecule has 0 radical (unpaired) electrons. The highest BCUT2D eigenvalue weighted by atomic mass is 19.4. The number of rotatable bonds is 10. The van der Waals surface area contributed by atoms with Crippen LogP contribution < -0.4 is 27.0 Å². The van der Waals surface area contributed by atoms with Crippen LogP contribution in [0.4, 0.5) is 26.3 Å². The summed E-state index contributed by atoms with van der Waals surface area (Å²) in [5, 5.41) is 20.1. The number of quaternary nitrogens is 2. The quantitative estimate of drug-likeness (QED) is 0.153. The SMILES string of the molecule is COC(=O)CCC(=O)CNC(=O)[C@@H]([NH3+])CCCC[NH3+].O=C([O-])C(F)(F)F.O=C([O-])C(F)(F)F. The molecule has 7 N–H and O–H groups in total. The Morgan fingerprint density at radius 3 is 1.67 bits per heavy atom.